The van der Waals surface area contributed by atoms with Gasteiger partial charge in [0.1, 0.15) is 0 Å². The van der Waals surface area contributed by atoms with Crippen LogP contribution in [0.15, 0.2) is 72.8 Å². The lowest BCUT2D eigenvalue weighted by Crippen LogP contribution is -2.06. The van der Waals surface area contributed by atoms with Gasteiger partial charge in [0.2, 0.25) is 0 Å². The second-order valence-corrected chi connectivity index (χ2v) is 7.41. The fourth-order valence-electron chi connectivity index (χ4n) is 4.76. The molecule has 1 aliphatic rings. The van der Waals surface area contributed by atoms with Gasteiger partial charge in [-0.1, -0.05) is 66.7 Å². The van der Waals surface area contributed by atoms with Gasteiger partial charge >= 0.3 is 0 Å². The highest BCUT2D eigenvalue weighted by Crippen LogP contribution is 2.46. The minimum Gasteiger partial charge on any atom is -0.252 e. The zero-order valence-corrected chi connectivity index (χ0v) is 14.9. The second-order valence-electron chi connectivity index (χ2n) is 7.07. The number of halogens is 1. The Morgan fingerprint density at radius 2 is 1.12 bits per heavy atom. The van der Waals surface area contributed by atoms with E-state index >= 15 is 0 Å². The van der Waals surface area contributed by atoms with Crippen molar-refractivity contribution < 1.29 is 0 Å². The first-order valence-corrected chi connectivity index (χ1v) is 9.39. The van der Waals surface area contributed by atoms with Crippen molar-refractivity contribution >= 4 is 44.2 Å². The van der Waals surface area contributed by atoms with Crippen molar-refractivity contribution in [3.63, 3.8) is 0 Å². The molecule has 0 saturated carbocycles. The van der Waals surface area contributed by atoms with Crippen LogP contribution in [-0.2, 0) is 12.8 Å². The Kier molecular flexibility index (Phi) is 2.84. The van der Waals surface area contributed by atoms with E-state index in [-0.39, 0.29) is 0 Å². The van der Waals surface area contributed by atoms with E-state index in [1.54, 1.807) is 0 Å². The number of para-hydroxylation sites is 1. The summed E-state index contributed by atoms with van der Waals surface area (Å²) in [4.78, 5) is 0. The maximum absolute atomic E-state index is 6.87. The molecular formula is C24H16ClN. The summed E-state index contributed by atoms with van der Waals surface area (Å²) in [7, 11) is 0. The summed E-state index contributed by atoms with van der Waals surface area (Å²) in [6.45, 7) is 0. The van der Waals surface area contributed by atoms with Gasteiger partial charge in [0, 0.05) is 22.7 Å². The SMILES string of the molecule is Cln1c2c(c3ccccc31)CCc1c-2c2ccccc2c2ccccc12. The molecule has 5 aromatic rings. The summed E-state index contributed by atoms with van der Waals surface area (Å²) in [5.74, 6) is 0. The smallest absolute Gasteiger partial charge is 0.0702 e. The molecular weight excluding hydrogens is 338 g/mol. The van der Waals surface area contributed by atoms with Gasteiger partial charge in [-0.3, -0.25) is 4.09 Å². The maximum atomic E-state index is 6.87. The first-order chi connectivity index (χ1) is 12.8. The molecule has 1 nitrogen and oxygen atoms in total. The van der Waals surface area contributed by atoms with E-state index in [4.69, 9.17) is 11.8 Å². The van der Waals surface area contributed by atoms with Gasteiger partial charge in [-0.2, -0.15) is 0 Å². The van der Waals surface area contributed by atoms with Crippen molar-refractivity contribution in [2.24, 2.45) is 0 Å². The highest BCUT2D eigenvalue weighted by atomic mass is 35.5. The van der Waals surface area contributed by atoms with Gasteiger partial charge in [0.05, 0.1) is 11.2 Å². The van der Waals surface area contributed by atoms with E-state index in [0.717, 1.165) is 18.4 Å². The van der Waals surface area contributed by atoms with E-state index in [1.807, 2.05) is 4.09 Å². The summed E-state index contributed by atoms with van der Waals surface area (Å²) in [5.41, 5.74) is 6.40. The van der Waals surface area contributed by atoms with Crippen LogP contribution in [0.3, 0.4) is 0 Å². The Balaban J connectivity index is 1.89. The summed E-state index contributed by atoms with van der Waals surface area (Å²) in [6.07, 6.45) is 2.09. The number of aryl methyl sites for hydroxylation is 2. The molecule has 124 valence electrons. The number of hydrogen-bond donors (Lipinski definition) is 0. The molecule has 0 N–H and O–H groups in total. The van der Waals surface area contributed by atoms with E-state index in [1.165, 1.54) is 49.3 Å². The predicted molar refractivity (Wildman–Crippen MR) is 111 cm³/mol. The summed E-state index contributed by atoms with van der Waals surface area (Å²) >= 11 is 6.87. The summed E-state index contributed by atoms with van der Waals surface area (Å²) in [5, 5.41) is 6.57. The van der Waals surface area contributed by atoms with Crippen LogP contribution in [0.2, 0.25) is 0 Å². The van der Waals surface area contributed by atoms with Crippen LogP contribution in [0, 0.1) is 0 Å². The molecule has 1 aliphatic carbocycles. The first kappa shape index (κ1) is 14.4. The van der Waals surface area contributed by atoms with Crippen molar-refractivity contribution in [2.45, 2.75) is 12.8 Å². The van der Waals surface area contributed by atoms with E-state index < -0.39 is 0 Å². The van der Waals surface area contributed by atoms with Gasteiger partial charge in [-0.15, -0.1) is 0 Å². The zero-order valence-electron chi connectivity index (χ0n) is 14.2. The van der Waals surface area contributed by atoms with Gasteiger partial charge < -0.3 is 0 Å². The molecule has 0 amide bonds. The van der Waals surface area contributed by atoms with Crippen LogP contribution in [0.25, 0.3) is 43.7 Å². The molecule has 6 rings (SSSR count). The Labute approximate surface area is 156 Å². The largest absolute Gasteiger partial charge is 0.252 e. The number of aromatic nitrogens is 1. The monoisotopic (exact) mass is 353 g/mol. The van der Waals surface area contributed by atoms with Crippen molar-refractivity contribution in [3.8, 4) is 11.3 Å². The van der Waals surface area contributed by atoms with Crippen LogP contribution in [0.5, 0.6) is 0 Å². The zero-order chi connectivity index (χ0) is 17.3. The fourth-order valence-corrected chi connectivity index (χ4v) is 5.10. The number of benzene rings is 4. The predicted octanol–water partition coefficient (Wildman–Crippen LogP) is 6.72. The van der Waals surface area contributed by atoms with E-state index in [2.05, 4.69) is 72.8 Å². The molecule has 2 heteroatoms. The third-order valence-corrected chi connectivity index (χ3v) is 6.18. The lowest BCUT2D eigenvalue weighted by atomic mass is 9.82. The highest BCUT2D eigenvalue weighted by Gasteiger charge is 2.27. The Morgan fingerprint density at radius 1 is 0.577 bits per heavy atom. The molecule has 0 unspecified atom stereocenters. The first-order valence-electron chi connectivity index (χ1n) is 9.06. The topological polar surface area (TPSA) is 4.93 Å². The molecule has 1 heterocycles. The molecule has 0 radical (unpaired) electrons. The number of nitrogens with zero attached hydrogens (tertiary/aromatic N) is 1. The van der Waals surface area contributed by atoms with Gasteiger partial charge in [0.15, 0.2) is 0 Å². The molecule has 0 fully saturated rings. The van der Waals surface area contributed by atoms with Gasteiger partial charge in [-0.05, 0) is 51.6 Å². The van der Waals surface area contributed by atoms with Crippen LogP contribution in [0.4, 0.5) is 0 Å². The van der Waals surface area contributed by atoms with Crippen molar-refractivity contribution in [2.75, 3.05) is 0 Å². The van der Waals surface area contributed by atoms with Crippen molar-refractivity contribution in [1.82, 2.24) is 4.09 Å². The maximum Gasteiger partial charge on any atom is 0.0702 e. The number of fused-ring (bicyclic) bond motifs is 10. The summed E-state index contributed by atoms with van der Waals surface area (Å²) in [6, 6.07) is 26.0. The summed E-state index contributed by atoms with van der Waals surface area (Å²) < 4.78 is 1.88. The van der Waals surface area contributed by atoms with Gasteiger partial charge in [-0.25, -0.2) is 0 Å². The Bertz CT molecular complexity index is 1340. The average Bonchev–Trinajstić information content (AvgIpc) is 3.01. The minimum absolute atomic E-state index is 1.03. The highest BCUT2D eigenvalue weighted by molar-refractivity contribution is 6.25. The molecule has 4 aromatic carbocycles. The van der Waals surface area contributed by atoms with Crippen LogP contribution < -0.4 is 0 Å². The van der Waals surface area contributed by atoms with E-state index in [0.29, 0.717) is 0 Å². The normalized spacial score (nSPS) is 13.3. The van der Waals surface area contributed by atoms with Crippen molar-refractivity contribution in [1.29, 1.82) is 0 Å². The van der Waals surface area contributed by atoms with Gasteiger partial charge in [0.25, 0.3) is 0 Å². The molecule has 0 spiro atoms. The second kappa shape index (κ2) is 5.12. The average molecular weight is 354 g/mol. The molecule has 0 bridgehead atoms. The Hall–Kier alpha value is -2.77. The van der Waals surface area contributed by atoms with Crippen molar-refractivity contribution in [3.05, 3.63) is 83.9 Å². The molecule has 0 atom stereocenters. The Morgan fingerprint density at radius 3 is 1.88 bits per heavy atom. The third-order valence-electron chi connectivity index (χ3n) is 5.83. The van der Waals surface area contributed by atoms with Crippen LogP contribution in [0.1, 0.15) is 11.1 Å². The standard InChI is InChI=1S/C24H16ClN/c25-26-22-12-6-5-10-18(22)21-14-13-20-17-9-2-1-7-15(17)16-8-3-4-11-19(16)23(20)24(21)26/h1-12H,13-14H2. The molecule has 1 aromatic heterocycles. The third kappa shape index (κ3) is 1.71. The lowest BCUT2D eigenvalue weighted by molar-refractivity contribution is 0.956. The molecule has 0 aliphatic heterocycles. The number of rotatable bonds is 0. The number of hydrogen-bond acceptors (Lipinski definition) is 0. The van der Waals surface area contributed by atoms with E-state index in [9.17, 15) is 0 Å². The quantitative estimate of drug-likeness (QED) is 0.272. The lowest BCUT2D eigenvalue weighted by Gasteiger charge is -2.22. The fraction of sp³-hybridized carbons (Fsp3) is 0.0833. The van der Waals surface area contributed by atoms with Crippen LogP contribution >= 0.6 is 11.8 Å². The molecule has 26 heavy (non-hydrogen) atoms. The molecule has 0 saturated heterocycles. The van der Waals surface area contributed by atoms with Crippen LogP contribution in [-0.4, -0.2) is 4.09 Å². The minimum atomic E-state index is 1.03.